The number of nitrogens with one attached hydrogen (secondary N) is 1. The maximum atomic E-state index is 3.57. The average Bonchev–Trinajstić information content (AvgIpc) is 2.35. The molecule has 94 valence electrons. The van der Waals surface area contributed by atoms with E-state index in [-0.39, 0.29) is 0 Å². The Kier molecular flexibility index (Phi) is 5.36. The fourth-order valence-electron chi connectivity index (χ4n) is 2.52. The number of halogens is 2. The first-order valence-electron chi connectivity index (χ1n) is 6.44. The molecule has 0 heterocycles. The van der Waals surface area contributed by atoms with Gasteiger partial charge < -0.3 is 5.32 Å². The van der Waals surface area contributed by atoms with E-state index in [2.05, 4.69) is 55.4 Å². The van der Waals surface area contributed by atoms with Crippen molar-refractivity contribution < 1.29 is 0 Å². The molecule has 0 aromatic heterocycles. The van der Waals surface area contributed by atoms with E-state index in [4.69, 9.17) is 0 Å². The van der Waals surface area contributed by atoms with Gasteiger partial charge >= 0.3 is 0 Å². The first-order chi connectivity index (χ1) is 8.25. The summed E-state index contributed by atoms with van der Waals surface area (Å²) in [5, 5.41) is 3.52. The zero-order valence-corrected chi connectivity index (χ0v) is 13.2. The quantitative estimate of drug-likeness (QED) is 0.737. The first-order valence-corrected chi connectivity index (χ1v) is 8.03. The van der Waals surface area contributed by atoms with Gasteiger partial charge in [0.2, 0.25) is 0 Å². The van der Waals surface area contributed by atoms with Crippen molar-refractivity contribution in [1.29, 1.82) is 0 Å². The van der Waals surface area contributed by atoms with Crippen LogP contribution in [0.1, 0.15) is 38.5 Å². The second-order valence-electron chi connectivity index (χ2n) is 4.84. The molecule has 0 radical (unpaired) electrons. The molecule has 1 nitrogen and oxygen atoms in total. The summed E-state index contributed by atoms with van der Waals surface area (Å²) in [6.45, 7) is 1.08. The van der Waals surface area contributed by atoms with E-state index < -0.39 is 0 Å². The summed E-state index contributed by atoms with van der Waals surface area (Å²) in [5.74, 6) is 0.946. The largest absolute Gasteiger partial charge is 0.384 e. The zero-order chi connectivity index (χ0) is 12.1. The maximum absolute atomic E-state index is 3.57. The van der Waals surface area contributed by atoms with Gasteiger partial charge in [0.15, 0.2) is 0 Å². The van der Waals surface area contributed by atoms with Crippen molar-refractivity contribution in [3.8, 4) is 0 Å². The summed E-state index contributed by atoms with van der Waals surface area (Å²) in [5.41, 5.74) is 1.19. The van der Waals surface area contributed by atoms with Gasteiger partial charge in [-0.1, -0.05) is 48.0 Å². The highest BCUT2D eigenvalue weighted by Crippen LogP contribution is 2.28. The number of hydrogen-bond acceptors (Lipinski definition) is 1. The highest BCUT2D eigenvalue weighted by atomic mass is 79.9. The lowest BCUT2D eigenvalue weighted by molar-refractivity contribution is 0.345. The number of anilines is 1. The Balaban J connectivity index is 1.79. The van der Waals surface area contributed by atoms with Crippen LogP contribution in [0.15, 0.2) is 27.1 Å². The third kappa shape index (κ3) is 4.29. The third-order valence-electron chi connectivity index (χ3n) is 3.52. The summed E-state index contributed by atoms with van der Waals surface area (Å²) in [6, 6.07) is 6.26. The summed E-state index contributed by atoms with van der Waals surface area (Å²) in [7, 11) is 0. The molecule has 1 aliphatic carbocycles. The molecule has 0 amide bonds. The number of rotatable bonds is 4. The molecular formula is C14H19Br2N. The molecule has 1 fully saturated rings. The van der Waals surface area contributed by atoms with Gasteiger partial charge in [-0.15, -0.1) is 0 Å². The molecule has 17 heavy (non-hydrogen) atoms. The summed E-state index contributed by atoms with van der Waals surface area (Å²) < 4.78 is 2.27. The number of benzene rings is 1. The Morgan fingerprint density at radius 2 is 1.88 bits per heavy atom. The summed E-state index contributed by atoms with van der Waals surface area (Å²) in [6.07, 6.45) is 8.49. The smallest absolute Gasteiger partial charge is 0.0495 e. The van der Waals surface area contributed by atoms with E-state index in [0.29, 0.717) is 0 Å². The average molecular weight is 361 g/mol. The van der Waals surface area contributed by atoms with Crippen molar-refractivity contribution in [3.05, 3.63) is 27.1 Å². The minimum Gasteiger partial charge on any atom is -0.384 e. The molecule has 0 atom stereocenters. The van der Waals surface area contributed by atoms with Crippen molar-refractivity contribution >= 4 is 37.5 Å². The standard InChI is InChI=1S/C14H19Br2N/c15-12-6-7-13(16)14(10-12)17-9-8-11-4-2-1-3-5-11/h6-7,10-11,17H,1-5,8-9H2. The molecule has 0 aliphatic heterocycles. The van der Waals surface area contributed by atoms with Gasteiger partial charge in [-0.05, 0) is 46.5 Å². The topological polar surface area (TPSA) is 12.0 Å². The SMILES string of the molecule is Brc1ccc(Br)c(NCCC2CCCCC2)c1. The Morgan fingerprint density at radius 1 is 1.12 bits per heavy atom. The van der Waals surface area contributed by atoms with Crippen LogP contribution in [-0.4, -0.2) is 6.54 Å². The van der Waals surface area contributed by atoms with E-state index in [1.807, 2.05) is 0 Å². The van der Waals surface area contributed by atoms with Crippen LogP contribution in [0.2, 0.25) is 0 Å². The second-order valence-corrected chi connectivity index (χ2v) is 6.61. The predicted molar refractivity (Wildman–Crippen MR) is 81.5 cm³/mol. The zero-order valence-electron chi connectivity index (χ0n) is 10.0. The molecule has 0 bridgehead atoms. The maximum Gasteiger partial charge on any atom is 0.0495 e. The monoisotopic (exact) mass is 359 g/mol. The van der Waals surface area contributed by atoms with E-state index in [0.717, 1.165) is 21.4 Å². The molecule has 1 aliphatic rings. The Bertz CT molecular complexity index is 359. The minimum atomic E-state index is 0.946. The molecule has 0 spiro atoms. The Labute approximate surface area is 121 Å². The summed E-state index contributed by atoms with van der Waals surface area (Å²) in [4.78, 5) is 0. The molecule has 2 rings (SSSR count). The van der Waals surface area contributed by atoms with Crippen molar-refractivity contribution in [2.75, 3.05) is 11.9 Å². The van der Waals surface area contributed by atoms with Crippen LogP contribution in [0.5, 0.6) is 0 Å². The number of hydrogen-bond donors (Lipinski definition) is 1. The van der Waals surface area contributed by atoms with Crippen LogP contribution >= 0.6 is 31.9 Å². The molecule has 1 saturated carbocycles. The molecule has 1 aromatic rings. The molecule has 1 aromatic carbocycles. The van der Waals surface area contributed by atoms with E-state index in [9.17, 15) is 0 Å². The lowest BCUT2D eigenvalue weighted by Crippen LogP contribution is -2.12. The lowest BCUT2D eigenvalue weighted by Gasteiger charge is -2.21. The van der Waals surface area contributed by atoms with Gasteiger partial charge in [0.1, 0.15) is 0 Å². The molecule has 3 heteroatoms. The van der Waals surface area contributed by atoms with Crippen molar-refractivity contribution in [1.82, 2.24) is 0 Å². The first kappa shape index (κ1) is 13.4. The van der Waals surface area contributed by atoms with E-state index in [1.165, 1.54) is 44.2 Å². The van der Waals surface area contributed by atoms with Crippen molar-refractivity contribution in [2.45, 2.75) is 38.5 Å². The van der Waals surface area contributed by atoms with Gasteiger partial charge in [0.05, 0.1) is 0 Å². The van der Waals surface area contributed by atoms with Crippen LogP contribution in [0.25, 0.3) is 0 Å². The minimum absolute atomic E-state index is 0.946. The van der Waals surface area contributed by atoms with Crippen LogP contribution in [-0.2, 0) is 0 Å². The predicted octanol–water partition coefficient (Wildman–Crippen LogP) is 5.59. The fraction of sp³-hybridized carbons (Fsp3) is 0.571. The molecule has 1 N–H and O–H groups in total. The van der Waals surface area contributed by atoms with Gasteiger partial charge in [-0.25, -0.2) is 0 Å². The highest BCUT2D eigenvalue weighted by Gasteiger charge is 2.12. The van der Waals surface area contributed by atoms with Crippen molar-refractivity contribution in [2.24, 2.45) is 5.92 Å². The van der Waals surface area contributed by atoms with Gasteiger partial charge in [0, 0.05) is 21.2 Å². The summed E-state index contributed by atoms with van der Waals surface area (Å²) >= 11 is 7.08. The normalized spacial score (nSPS) is 17.1. The van der Waals surface area contributed by atoms with Crippen LogP contribution < -0.4 is 5.32 Å². The highest BCUT2D eigenvalue weighted by molar-refractivity contribution is 9.11. The van der Waals surface area contributed by atoms with E-state index >= 15 is 0 Å². The van der Waals surface area contributed by atoms with E-state index in [1.54, 1.807) is 0 Å². The van der Waals surface area contributed by atoms with Gasteiger partial charge in [0.25, 0.3) is 0 Å². The van der Waals surface area contributed by atoms with Crippen LogP contribution in [0.3, 0.4) is 0 Å². The lowest BCUT2D eigenvalue weighted by atomic mass is 9.87. The van der Waals surface area contributed by atoms with Crippen LogP contribution in [0.4, 0.5) is 5.69 Å². The van der Waals surface area contributed by atoms with Crippen LogP contribution in [0, 0.1) is 5.92 Å². The second kappa shape index (κ2) is 6.79. The van der Waals surface area contributed by atoms with Crippen molar-refractivity contribution in [3.63, 3.8) is 0 Å². The fourth-order valence-corrected chi connectivity index (χ4v) is 3.27. The Hall–Kier alpha value is -0.0200. The Morgan fingerprint density at radius 3 is 2.65 bits per heavy atom. The van der Waals surface area contributed by atoms with Gasteiger partial charge in [-0.3, -0.25) is 0 Å². The molecule has 0 unspecified atom stereocenters. The molecular weight excluding hydrogens is 342 g/mol. The van der Waals surface area contributed by atoms with Gasteiger partial charge in [-0.2, -0.15) is 0 Å². The molecule has 0 saturated heterocycles. The third-order valence-corrected chi connectivity index (χ3v) is 4.71.